The molecule has 2 aliphatic rings. The number of rotatable bonds is 7. The number of thioether (sulfide) groups is 1. The van der Waals surface area contributed by atoms with Crippen molar-refractivity contribution < 1.29 is 23.5 Å². The number of methoxy groups -OCH3 is 1. The number of hydrogen-bond acceptors (Lipinski definition) is 8. The molecule has 0 aliphatic carbocycles. The van der Waals surface area contributed by atoms with E-state index in [1.54, 1.807) is 24.3 Å². The molecule has 3 amide bonds. The number of thiazole rings is 1. The highest BCUT2D eigenvalue weighted by Crippen LogP contribution is 2.54. The van der Waals surface area contributed by atoms with Crippen LogP contribution in [0.25, 0.3) is 0 Å². The molecule has 2 aliphatic heterocycles. The summed E-state index contributed by atoms with van der Waals surface area (Å²) in [6.45, 7) is -0.303. The number of nitrogens with one attached hydrogen (secondary N) is 1. The summed E-state index contributed by atoms with van der Waals surface area (Å²) in [5.41, 5.74) is 2.58. The van der Waals surface area contributed by atoms with Crippen LogP contribution in [0, 0.1) is 11.7 Å². The molecule has 3 aromatic carbocycles. The summed E-state index contributed by atoms with van der Waals surface area (Å²) >= 11 is 2.13. The number of carbonyl (C=O) groups is 3. The number of ether oxygens (including phenoxy) is 1. The van der Waals surface area contributed by atoms with E-state index in [1.165, 1.54) is 40.8 Å². The molecule has 3 atom stereocenters. The minimum Gasteiger partial charge on any atom is -0.497 e. The molecule has 6 rings (SSSR count). The SMILES string of the molecule is COc1ccc(N2C(=O)[C@H]3[C@H](c4ccc(N(C)C)cc4)c4sc(=O)n(CC(=O)Nc5ccc(F)cc5)c4S[C@H]3C2=O)cc1. The Morgan fingerprint density at radius 3 is 2.26 bits per heavy atom. The Balaban J connectivity index is 1.40. The van der Waals surface area contributed by atoms with Gasteiger partial charge in [0.05, 0.1) is 23.7 Å². The normalized spacial score (nSPS) is 19.2. The summed E-state index contributed by atoms with van der Waals surface area (Å²) in [6.07, 6.45) is 0. The fourth-order valence-electron chi connectivity index (χ4n) is 5.46. The zero-order valence-corrected chi connectivity index (χ0v) is 25.1. The molecule has 1 saturated heterocycles. The van der Waals surface area contributed by atoms with Crippen molar-refractivity contribution in [3.05, 3.63) is 98.7 Å². The summed E-state index contributed by atoms with van der Waals surface area (Å²) < 4.78 is 19.9. The van der Waals surface area contributed by atoms with Crippen molar-refractivity contribution in [3.8, 4) is 5.75 Å². The standard InChI is InChI=1S/C31H27FN4O5S2/c1-34(2)20-10-4-17(5-11-20)24-25-26(29(39)36(28(25)38)21-12-14-22(41-3)15-13-21)42-30-27(24)43-31(40)35(30)16-23(37)33-19-8-6-18(32)7-9-19/h4-15,24-26H,16H2,1-3H3,(H,33,37)/t24-,25-,26+/m0/s1. The first-order valence-corrected chi connectivity index (χ1v) is 15.1. The van der Waals surface area contributed by atoms with E-state index in [2.05, 4.69) is 5.32 Å². The van der Waals surface area contributed by atoms with Crippen molar-refractivity contribution in [2.24, 2.45) is 5.92 Å². The van der Waals surface area contributed by atoms with Crippen molar-refractivity contribution >= 4 is 57.9 Å². The van der Waals surface area contributed by atoms with Crippen LogP contribution in [-0.4, -0.2) is 48.7 Å². The first-order chi connectivity index (χ1) is 20.7. The van der Waals surface area contributed by atoms with E-state index in [0.717, 1.165) is 34.3 Å². The second-order valence-corrected chi connectivity index (χ2v) is 12.5. The molecule has 0 unspecified atom stereocenters. The maximum atomic E-state index is 14.1. The molecule has 3 heterocycles. The van der Waals surface area contributed by atoms with Crippen molar-refractivity contribution in [2.45, 2.75) is 22.7 Å². The predicted octanol–water partition coefficient (Wildman–Crippen LogP) is 4.56. The van der Waals surface area contributed by atoms with Crippen LogP contribution in [0.1, 0.15) is 16.4 Å². The fourth-order valence-corrected chi connectivity index (χ4v) is 8.23. The number of halogens is 1. The quantitative estimate of drug-likeness (QED) is 0.303. The molecular weight excluding hydrogens is 591 g/mol. The van der Waals surface area contributed by atoms with E-state index in [1.807, 2.05) is 43.3 Å². The minimum absolute atomic E-state index is 0.303. The third-order valence-electron chi connectivity index (χ3n) is 7.58. The van der Waals surface area contributed by atoms with Crippen LogP contribution < -0.4 is 24.7 Å². The van der Waals surface area contributed by atoms with Gasteiger partial charge < -0.3 is 15.0 Å². The Bertz CT molecular complexity index is 1770. The molecule has 220 valence electrons. The molecule has 4 aromatic rings. The van der Waals surface area contributed by atoms with E-state index in [4.69, 9.17) is 4.74 Å². The molecule has 0 bridgehead atoms. The lowest BCUT2D eigenvalue weighted by Crippen LogP contribution is -2.33. The lowest BCUT2D eigenvalue weighted by atomic mass is 9.83. The van der Waals surface area contributed by atoms with Crippen LogP contribution >= 0.6 is 23.1 Å². The smallest absolute Gasteiger partial charge is 0.308 e. The van der Waals surface area contributed by atoms with E-state index >= 15 is 0 Å². The molecule has 1 N–H and O–H groups in total. The molecule has 0 saturated carbocycles. The summed E-state index contributed by atoms with van der Waals surface area (Å²) in [5, 5.41) is 2.37. The molecule has 12 heteroatoms. The van der Waals surface area contributed by atoms with Gasteiger partial charge in [0.25, 0.3) is 0 Å². The summed E-state index contributed by atoms with van der Waals surface area (Å²) in [5.74, 6) is -2.37. The summed E-state index contributed by atoms with van der Waals surface area (Å²) in [4.78, 5) is 57.7. The van der Waals surface area contributed by atoms with Gasteiger partial charge in [0.15, 0.2) is 0 Å². The zero-order chi connectivity index (χ0) is 30.4. The first-order valence-electron chi connectivity index (χ1n) is 13.4. The first kappa shape index (κ1) is 28.7. The predicted molar refractivity (Wildman–Crippen MR) is 165 cm³/mol. The van der Waals surface area contributed by atoms with Gasteiger partial charge >= 0.3 is 4.87 Å². The summed E-state index contributed by atoms with van der Waals surface area (Å²) in [6, 6.07) is 19.8. The van der Waals surface area contributed by atoms with Crippen LogP contribution in [-0.2, 0) is 20.9 Å². The Kier molecular flexibility index (Phi) is 7.57. The van der Waals surface area contributed by atoms with Crippen molar-refractivity contribution in [1.29, 1.82) is 0 Å². The number of hydrogen-bond donors (Lipinski definition) is 1. The Morgan fingerprint density at radius 1 is 0.953 bits per heavy atom. The molecule has 0 spiro atoms. The van der Waals surface area contributed by atoms with Gasteiger partial charge in [-0.05, 0) is 66.2 Å². The van der Waals surface area contributed by atoms with E-state index in [9.17, 15) is 23.6 Å². The number of imide groups is 1. The third kappa shape index (κ3) is 5.21. The van der Waals surface area contributed by atoms with Gasteiger partial charge in [-0.2, -0.15) is 0 Å². The zero-order valence-electron chi connectivity index (χ0n) is 23.4. The Hall–Kier alpha value is -4.42. The topological polar surface area (TPSA) is 101 Å². The molecule has 1 fully saturated rings. The van der Waals surface area contributed by atoms with Crippen molar-refractivity contribution in [1.82, 2.24) is 4.57 Å². The lowest BCUT2D eigenvalue weighted by molar-refractivity contribution is -0.122. The maximum Gasteiger partial charge on any atom is 0.308 e. The number of nitrogens with zero attached hydrogens (tertiary/aromatic N) is 3. The van der Waals surface area contributed by atoms with E-state index < -0.39 is 28.8 Å². The molecule has 43 heavy (non-hydrogen) atoms. The molecule has 9 nitrogen and oxygen atoms in total. The Morgan fingerprint density at radius 2 is 1.63 bits per heavy atom. The monoisotopic (exact) mass is 618 g/mol. The van der Waals surface area contributed by atoms with Gasteiger partial charge in [-0.3, -0.25) is 23.7 Å². The maximum absolute atomic E-state index is 14.1. The second-order valence-electron chi connectivity index (χ2n) is 10.4. The molecule has 1 aromatic heterocycles. The van der Waals surface area contributed by atoms with Crippen LogP contribution in [0.15, 0.2) is 82.6 Å². The average Bonchev–Trinajstić information content (AvgIpc) is 3.44. The largest absolute Gasteiger partial charge is 0.497 e. The highest BCUT2D eigenvalue weighted by molar-refractivity contribution is 8.00. The molecule has 0 radical (unpaired) electrons. The van der Waals surface area contributed by atoms with E-state index in [-0.39, 0.29) is 23.2 Å². The lowest BCUT2D eigenvalue weighted by Gasteiger charge is -2.31. The van der Waals surface area contributed by atoms with Crippen LogP contribution in [0.2, 0.25) is 0 Å². The van der Waals surface area contributed by atoms with Crippen molar-refractivity contribution in [2.75, 3.05) is 36.3 Å². The number of anilines is 3. The number of carbonyl (C=O) groups excluding carboxylic acids is 3. The van der Waals surface area contributed by atoms with E-state index in [0.29, 0.717) is 27.0 Å². The van der Waals surface area contributed by atoms with Gasteiger partial charge in [-0.25, -0.2) is 9.29 Å². The second kappa shape index (κ2) is 11.3. The van der Waals surface area contributed by atoms with Gasteiger partial charge in [-0.15, -0.1) is 0 Å². The molecular formula is C31H27FN4O5S2. The number of benzene rings is 3. The number of fused-ring (bicyclic) bond motifs is 2. The third-order valence-corrected chi connectivity index (χ3v) is 10.2. The average molecular weight is 619 g/mol. The van der Waals surface area contributed by atoms with Crippen LogP contribution in [0.3, 0.4) is 0 Å². The van der Waals surface area contributed by atoms with Gasteiger partial charge in [0.2, 0.25) is 17.7 Å². The highest BCUT2D eigenvalue weighted by atomic mass is 32.2. The Labute approximate surface area is 254 Å². The number of aromatic nitrogens is 1. The highest BCUT2D eigenvalue weighted by Gasteiger charge is 2.56. The minimum atomic E-state index is -0.805. The fraction of sp³-hybridized carbons (Fsp3) is 0.226. The van der Waals surface area contributed by atoms with Gasteiger partial charge in [0.1, 0.15) is 23.4 Å². The number of amides is 3. The van der Waals surface area contributed by atoms with Gasteiger partial charge in [0, 0.05) is 36.3 Å². The van der Waals surface area contributed by atoms with Crippen LogP contribution in [0.5, 0.6) is 5.75 Å². The van der Waals surface area contributed by atoms with Crippen LogP contribution in [0.4, 0.5) is 21.5 Å². The summed E-state index contributed by atoms with van der Waals surface area (Å²) in [7, 11) is 5.39. The van der Waals surface area contributed by atoms with Crippen molar-refractivity contribution in [3.63, 3.8) is 0 Å². The van der Waals surface area contributed by atoms with Gasteiger partial charge in [-0.1, -0.05) is 35.2 Å².